The average molecular weight is 280 g/mol. The molecule has 102 valence electrons. The molecule has 0 aliphatic carbocycles. The van der Waals surface area contributed by atoms with Crippen LogP contribution in [0.1, 0.15) is 25.6 Å². The van der Waals surface area contributed by atoms with Crippen LogP contribution in [0.2, 0.25) is 5.02 Å². The zero-order chi connectivity index (χ0) is 14.0. The predicted octanol–water partition coefficient (Wildman–Crippen LogP) is 4.18. The molecule has 1 aromatic carbocycles. The Balaban J connectivity index is 2.28. The first-order chi connectivity index (χ1) is 9.01. The van der Waals surface area contributed by atoms with Crippen LogP contribution in [0.5, 0.6) is 5.75 Å². The van der Waals surface area contributed by atoms with Crippen molar-refractivity contribution in [1.82, 2.24) is 9.55 Å². The van der Waals surface area contributed by atoms with E-state index in [1.807, 2.05) is 31.3 Å². The minimum Gasteiger partial charge on any atom is -0.495 e. The van der Waals surface area contributed by atoms with Gasteiger partial charge in [0.1, 0.15) is 5.75 Å². The monoisotopic (exact) mass is 279 g/mol. The molecule has 2 rings (SSSR count). The van der Waals surface area contributed by atoms with Gasteiger partial charge in [0.2, 0.25) is 5.95 Å². The fraction of sp³-hybridized carbons (Fsp3) is 0.357. The summed E-state index contributed by atoms with van der Waals surface area (Å²) in [5.74, 6) is 1.48. The van der Waals surface area contributed by atoms with E-state index in [0.29, 0.717) is 16.8 Å². The van der Waals surface area contributed by atoms with Gasteiger partial charge in [-0.15, -0.1) is 0 Å². The first kappa shape index (κ1) is 13.7. The number of methoxy groups -OCH3 is 1. The highest BCUT2D eigenvalue weighted by atomic mass is 35.5. The lowest BCUT2D eigenvalue weighted by molar-refractivity contribution is 0.415. The molecule has 1 aromatic heterocycles. The zero-order valence-corrected chi connectivity index (χ0v) is 12.3. The summed E-state index contributed by atoms with van der Waals surface area (Å²) in [5.41, 5.74) is 1.87. The van der Waals surface area contributed by atoms with Gasteiger partial charge < -0.3 is 14.6 Å². The lowest BCUT2D eigenvalue weighted by Gasteiger charge is -2.13. The van der Waals surface area contributed by atoms with Gasteiger partial charge in [-0.1, -0.05) is 11.6 Å². The Morgan fingerprint density at radius 3 is 2.68 bits per heavy atom. The Bertz CT molecular complexity index is 578. The maximum atomic E-state index is 6.11. The molecule has 4 nitrogen and oxygen atoms in total. The molecule has 2 aromatic rings. The van der Waals surface area contributed by atoms with Gasteiger partial charge in [0.05, 0.1) is 17.8 Å². The summed E-state index contributed by atoms with van der Waals surface area (Å²) in [5, 5.41) is 3.85. The molecule has 1 heterocycles. The Morgan fingerprint density at radius 2 is 2.11 bits per heavy atom. The summed E-state index contributed by atoms with van der Waals surface area (Å²) in [6.07, 6.45) is 2.03. The highest BCUT2D eigenvalue weighted by Crippen LogP contribution is 2.29. The largest absolute Gasteiger partial charge is 0.495 e. The van der Waals surface area contributed by atoms with Crippen molar-refractivity contribution in [3.63, 3.8) is 0 Å². The number of halogens is 1. The van der Waals surface area contributed by atoms with Gasteiger partial charge in [0.25, 0.3) is 0 Å². The third-order valence-electron chi connectivity index (χ3n) is 2.82. The zero-order valence-electron chi connectivity index (χ0n) is 11.6. The molecule has 0 bridgehead atoms. The molecular weight excluding hydrogens is 262 g/mol. The molecule has 0 spiro atoms. The fourth-order valence-electron chi connectivity index (χ4n) is 1.88. The molecule has 0 atom stereocenters. The molecule has 1 N–H and O–H groups in total. The lowest BCUT2D eigenvalue weighted by atomic mass is 10.3. The second kappa shape index (κ2) is 5.53. The van der Waals surface area contributed by atoms with Crippen LogP contribution < -0.4 is 10.1 Å². The summed E-state index contributed by atoms with van der Waals surface area (Å²) in [6.45, 7) is 6.21. The van der Waals surface area contributed by atoms with Gasteiger partial charge >= 0.3 is 0 Å². The van der Waals surface area contributed by atoms with Crippen LogP contribution in [0.15, 0.2) is 24.4 Å². The molecular formula is C14H18ClN3O. The number of benzene rings is 1. The molecule has 0 amide bonds. The van der Waals surface area contributed by atoms with E-state index in [0.717, 1.165) is 17.3 Å². The molecule has 0 aliphatic heterocycles. The van der Waals surface area contributed by atoms with Crippen LogP contribution in [0.3, 0.4) is 0 Å². The van der Waals surface area contributed by atoms with Gasteiger partial charge in [0, 0.05) is 17.9 Å². The van der Waals surface area contributed by atoms with E-state index in [4.69, 9.17) is 16.3 Å². The Labute approximate surface area is 118 Å². The van der Waals surface area contributed by atoms with Crippen molar-refractivity contribution >= 4 is 23.2 Å². The number of nitrogens with one attached hydrogen (secondary N) is 1. The normalized spacial score (nSPS) is 10.8. The Kier molecular flexibility index (Phi) is 4.00. The van der Waals surface area contributed by atoms with Crippen LogP contribution in [0.25, 0.3) is 0 Å². The summed E-state index contributed by atoms with van der Waals surface area (Å²) < 4.78 is 7.23. The number of imidazole rings is 1. The molecule has 0 saturated carbocycles. The first-order valence-corrected chi connectivity index (χ1v) is 6.55. The number of aryl methyl sites for hydroxylation is 1. The maximum Gasteiger partial charge on any atom is 0.207 e. The van der Waals surface area contributed by atoms with E-state index in [1.54, 1.807) is 7.11 Å². The van der Waals surface area contributed by atoms with E-state index in [9.17, 15) is 0 Å². The lowest BCUT2D eigenvalue weighted by Crippen LogP contribution is -2.05. The number of aromatic nitrogens is 2. The maximum absolute atomic E-state index is 6.11. The molecule has 5 heteroatoms. The predicted molar refractivity (Wildman–Crippen MR) is 78.6 cm³/mol. The molecule has 19 heavy (non-hydrogen) atoms. The number of nitrogens with zero attached hydrogens (tertiary/aromatic N) is 2. The Morgan fingerprint density at radius 1 is 1.37 bits per heavy atom. The third kappa shape index (κ3) is 3.01. The smallest absolute Gasteiger partial charge is 0.207 e. The van der Waals surface area contributed by atoms with Crippen LogP contribution >= 0.6 is 11.6 Å². The van der Waals surface area contributed by atoms with E-state index in [2.05, 4.69) is 28.7 Å². The summed E-state index contributed by atoms with van der Waals surface area (Å²) in [4.78, 5) is 4.48. The highest BCUT2D eigenvalue weighted by molar-refractivity contribution is 6.32. The minimum absolute atomic E-state index is 0.345. The topological polar surface area (TPSA) is 39.1 Å². The van der Waals surface area contributed by atoms with Crippen LogP contribution in [0.4, 0.5) is 11.6 Å². The van der Waals surface area contributed by atoms with Crippen molar-refractivity contribution in [1.29, 1.82) is 0 Å². The molecule has 0 saturated heterocycles. The third-order valence-corrected chi connectivity index (χ3v) is 3.11. The number of anilines is 2. The van der Waals surface area contributed by atoms with Crippen LogP contribution in [-0.2, 0) is 0 Å². The van der Waals surface area contributed by atoms with Gasteiger partial charge in [-0.05, 0) is 39.0 Å². The molecule has 0 aliphatic rings. The molecule has 0 unspecified atom stereocenters. The van der Waals surface area contributed by atoms with Crippen molar-refractivity contribution in [2.24, 2.45) is 0 Å². The standard InChI is InChI=1S/C14H18ClN3O/c1-9(2)18-8-10(3)16-14(18)17-11-5-6-13(19-4)12(15)7-11/h5-9H,1-4H3,(H,16,17). The van der Waals surface area contributed by atoms with Gasteiger partial charge in [-0.2, -0.15) is 0 Å². The van der Waals surface area contributed by atoms with Crippen molar-refractivity contribution in [3.05, 3.63) is 35.1 Å². The quantitative estimate of drug-likeness (QED) is 0.912. The number of rotatable bonds is 4. The fourth-order valence-corrected chi connectivity index (χ4v) is 2.13. The van der Waals surface area contributed by atoms with E-state index >= 15 is 0 Å². The summed E-state index contributed by atoms with van der Waals surface area (Å²) in [7, 11) is 1.60. The minimum atomic E-state index is 0.345. The van der Waals surface area contributed by atoms with E-state index < -0.39 is 0 Å². The number of hydrogen-bond donors (Lipinski definition) is 1. The number of ether oxygens (including phenoxy) is 1. The van der Waals surface area contributed by atoms with Gasteiger partial charge in [-0.3, -0.25) is 0 Å². The van der Waals surface area contributed by atoms with Crippen molar-refractivity contribution < 1.29 is 4.74 Å². The first-order valence-electron chi connectivity index (χ1n) is 6.17. The molecule has 0 radical (unpaired) electrons. The van der Waals surface area contributed by atoms with Gasteiger partial charge in [0.15, 0.2) is 0 Å². The SMILES string of the molecule is COc1ccc(Nc2nc(C)cn2C(C)C)cc1Cl. The summed E-state index contributed by atoms with van der Waals surface area (Å²) in [6, 6.07) is 5.92. The number of hydrogen-bond acceptors (Lipinski definition) is 3. The van der Waals surface area contributed by atoms with E-state index in [1.165, 1.54) is 0 Å². The van der Waals surface area contributed by atoms with Crippen LogP contribution in [0, 0.1) is 6.92 Å². The molecule has 0 fully saturated rings. The van der Waals surface area contributed by atoms with Crippen LogP contribution in [-0.4, -0.2) is 16.7 Å². The summed E-state index contributed by atoms with van der Waals surface area (Å²) >= 11 is 6.11. The second-order valence-electron chi connectivity index (χ2n) is 4.68. The van der Waals surface area contributed by atoms with Gasteiger partial charge in [-0.25, -0.2) is 4.98 Å². The highest BCUT2D eigenvalue weighted by Gasteiger charge is 2.09. The Hall–Kier alpha value is -1.68. The second-order valence-corrected chi connectivity index (χ2v) is 5.09. The van der Waals surface area contributed by atoms with E-state index in [-0.39, 0.29) is 0 Å². The average Bonchev–Trinajstić information content (AvgIpc) is 2.70. The van der Waals surface area contributed by atoms with Crippen molar-refractivity contribution in [3.8, 4) is 5.75 Å². The van der Waals surface area contributed by atoms with Crippen molar-refractivity contribution in [2.75, 3.05) is 12.4 Å². The van der Waals surface area contributed by atoms with Crippen molar-refractivity contribution in [2.45, 2.75) is 26.8 Å².